The van der Waals surface area contributed by atoms with Crippen molar-refractivity contribution in [2.75, 3.05) is 31.8 Å². The first kappa shape index (κ1) is 26.4. The number of ketones is 1. The molecule has 0 aliphatic carbocycles. The van der Waals surface area contributed by atoms with Gasteiger partial charge in [-0.15, -0.1) is 11.8 Å². The zero-order chi connectivity index (χ0) is 25.8. The lowest BCUT2D eigenvalue weighted by molar-refractivity contribution is -0.145. The van der Waals surface area contributed by atoms with E-state index in [1.165, 1.54) is 41.8 Å². The maximum atomic E-state index is 13.0. The molecule has 1 aliphatic rings. The van der Waals surface area contributed by atoms with E-state index in [9.17, 15) is 22.8 Å². The molecule has 35 heavy (non-hydrogen) atoms. The zero-order valence-corrected chi connectivity index (χ0v) is 21.3. The van der Waals surface area contributed by atoms with Crippen molar-refractivity contribution in [1.82, 2.24) is 4.90 Å². The van der Waals surface area contributed by atoms with Crippen molar-refractivity contribution in [1.29, 1.82) is 5.41 Å². The second-order valence-corrected chi connectivity index (χ2v) is 10.7. The van der Waals surface area contributed by atoms with Gasteiger partial charge < -0.3 is 14.4 Å². The number of benzene rings is 2. The summed E-state index contributed by atoms with van der Waals surface area (Å²) < 4.78 is 35.4. The molecule has 1 amide bonds. The minimum absolute atomic E-state index is 0.0510. The predicted octanol–water partition coefficient (Wildman–Crippen LogP) is 2.95. The van der Waals surface area contributed by atoms with E-state index in [1.807, 2.05) is 0 Å². The monoisotopic (exact) mass is 518 g/mol. The van der Waals surface area contributed by atoms with Gasteiger partial charge in [0, 0.05) is 23.2 Å². The summed E-state index contributed by atoms with van der Waals surface area (Å²) in [5, 5.41) is 8.35. The number of fused-ring (bicyclic) bond motifs is 1. The van der Waals surface area contributed by atoms with Crippen LogP contribution in [-0.4, -0.2) is 67.8 Å². The van der Waals surface area contributed by atoms with E-state index < -0.39 is 28.2 Å². The van der Waals surface area contributed by atoms with Gasteiger partial charge in [-0.25, -0.2) is 13.2 Å². The van der Waals surface area contributed by atoms with Gasteiger partial charge >= 0.3 is 5.97 Å². The van der Waals surface area contributed by atoms with Crippen LogP contribution in [0.3, 0.4) is 0 Å². The molecule has 2 aromatic carbocycles. The maximum Gasteiger partial charge on any atom is 0.344 e. The van der Waals surface area contributed by atoms with Gasteiger partial charge in [0.15, 0.2) is 22.2 Å². The topological polar surface area (TPSA) is 131 Å². The fourth-order valence-electron chi connectivity index (χ4n) is 3.57. The summed E-state index contributed by atoms with van der Waals surface area (Å²) in [6.07, 6.45) is 1.80. The summed E-state index contributed by atoms with van der Waals surface area (Å²) in [5.41, 5.74) is 2.02. The van der Waals surface area contributed by atoms with Crippen LogP contribution in [0, 0.1) is 5.41 Å². The van der Waals surface area contributed by atoms with Gasteiger partial charge in [-0.05, 0) is 49.1 Å². The number of sulfone groups is 1. The number of amides is 1. The first-order valence-electron chi connectivity index (χ1n) is 10.8. The largest absolute Gasteiger partial charge is 0.481 e. The Balaban J connectivity index is 1.81. The quantitative estimate of drug-likeness (QED) is 0.220. The van der Waals surface area contributed by atoms with Gasteiger partial charge in [0.25, 0.3) is 5.91 Å². The summed E-state index contributed by atoms with van der Waals surface area (Å²) in [6, 6.07) is 9.09. The smallest absolute Gasteiger partial charge is 0.344 e. The highest BCUT2D eigenvalue weighted by molar-refractivity contribution is 8.13. The van der Waals surface area contributed by atoms with Crippen LogP contribution in [0.25, 0.3) is 0 Å². The lowest BCUT2D eigenvalue weighted by Gasteiger charge is -2.16. The fourth-order valence-corrected chi connectivity index (χ4v) is 4.98. The number of ether oxygens (including phenoxy) is 2. The molecule has 0 spiro atoms. The second kappa shape index (κ2) is 11.0. The van der Waals surface area contributed by atoms with Gasteiger partial charge in [-0.2, -0.15) is 0 Å². The predicted molar refractivity (Wildman–Crippen MR) is 132 cm³/mol. The molecule has 9 nitrogen and oxygen atoms in total. The third-order valence-electron chi connectivity index (χ3n) is 5.42. The first-order valence-corrected chi connectivity index (χ1v) is 13.7. The molecule has 0 fully saturated rings. The summed E-state index contributed by atoms with van der Waals surface area (Å²) in [4.78, 5) is 38.6. The lowest BCUT2D eigenvalue weighted by Crippen LogP contribution is -2.30. The molecule has 0 atom stereocenters. The van der Waals surface area contributed by atoms with E-state index >= 15 is 0 Å². The van der Waals surface area contributed by atoms with E-state index in [2.05, 4.69) is 0 Å². The van der Waals surface area contributed by atoms with Crippen molar-refractivity contribution < 1.29 is 32.3 Å². The number of carbonyl (C=O) groups excluding carboxylic acids is 3. The van der Waals surface area contributed by atoms with Crippen molar-refractivity contribution in [3.05, 3.63) is 58.7 Å². The van der Waals surface area contributed by atoms with Crippen molar-refractivity contribution in [3.63, 3.8) is 0 Å². The lowest BCUT2D eigenvalue weighted by atomic mass is 10.1. The molecular weight excluding hydrogens is 492 g/mol. The van der Waals surface area contributed by atoms with Gasteiger partial charge in [0.05, 0.1) is 23.9 Å². The van der Waals surface area contributed by atoms with E-state index in [4.69, 9.17) is 14.9 Å². The summed E-state index contributed by atoms with van der Waals surface area (Å²) in [5.74, 6) is -1.66. The van der Waals surface area contributed by atoms with Crippen LogP contribution in [0.1, 0.15) is 45.7 Å². The highest BCUT2D eigenvalue weighted by Crippen LogP contribution is 2.28. The van der Waals surface area contributed by atoms with Crippen LogP contribution >= 0.6 is 11.8 Å². The fraction of sp³-hybridized carbons (Fsp3) is 0.333. The van der Waals surface area contributed by atoms with Crippen LogP contribution < -0.4 is 4.74 Å². The highest BCUT2D eigenvalue weighted by Gasteiger charge is 2.30. The Morgan fingerprint density at radius 1 is 1.11 bits per heavy atom. The minimum atomic E-state index is -3.77. The number of thioether (sulfide) groups is 1. The number of nitrogens with one attached hydrogen (secondary N) is 1. The number of rotatable bonds is 10. The molecule has 0 saturated heterocycles. The molecule has 0 saturated carbocycles. The van der Waals surface area contributed by atoms with Crippen LogP contribution in [0.5, 0.6) is 5.75 Å². The van der Waals surface area contributed by atoms with E-state index in [0.29, 0.717) is 16.2 Å². The third-order valence-corrected chi connectivity index (χ3v) is 7.81. The van der Waals surface area contributed by atoms with Gasteiger partial charge in [-0.3, -0.25) is 15.0 Å². The van der Waals surface area contributed by atoms with E-state index in [0.717, 1.165) is 5.56 Å². The minimum Gasteiger partial charge on any atom is -0.481 e. The molecule has 0 aromatic heterocycles. The van der Waals surface area contributed by atoms with E-state index in [1.54, 1.807) is 31.4 Å². The molecule has 1 N–H and O–H groups in total. The molecule has 11 heteroatoms. The SMILES string of the molecule is CCOC(=O)COc1ccc(C(=O)CN2Cc3cc(C(=N)SC)ccc3C2=O)cc1S(=O)(=O)CC. The number of carbonyl (C=O) groups is 3. The van der Waals surface area contributed by atoms with E-state index in [-0.39, 0.29) is 47.6 Å². The Kier molecular flexibility index (Phi) is 8.34. The molecular formula is C24H26N2O7S2. The van der Waals surface area contributed by atoms with Gasteiger partial charge in [0.2, 0.25) is 0 Å². The van der Waals surface area contributed by atoms with Crippen LogP contribution in [0.4, 0.5) is 0 Å². The van der Waals surface area contributed by atoms with Crippen LogP contribution in [-0.2, 0) is 25.9 Å². The average Bonchev–Trinajstić information content (AvgIpc) is 3.16. The number of hydrogen-bond acceptors (Lipinski definition) is 9. The average molecular weight is 519 g/mol. The normalized spacial score (nSPS) is 12.9. The number of esters is 1. The Morgan fingerprint density at radius 3 is 2.49 bits per heavy atom. The molecule has 0 bridgehead atoms. The number of Topliss-reactive ketones (excluding diaryl/α,β-unsaturated/α-hetero) is 1. The number of nitrogens with zero attached hydrogens (tertiary/aromatic N) is 1. The molecule has 0 unspecified atom stereocenters. The molecule has 1 aliphatic heterocycles. The van der Waals surface area contributed by atoms with Gasteiger partial charge in [-0.1, -0.05) is 13.0 Å². The summed E-state index contributed by atoms with van der Waals surface area (Å²) >= 11 is 1.29. The zero-order valence-electron chi connectivity index (χ0n) is 19.6. The molecule has 3 rings (SSSR count). The van der Waals surface area contributed by atoms with Crippen LogP contribution in [0.2, 0.25) is 0 Å². The molecule has 2 aromatic rings. The standard InChI is InChI=1S/C24H26N2O7S2/c1-4-32-22(28)14-33-20-9-7-15(11-21(20)35(30,31)5-2)19(27)13-26-12-17-10-16(23(25)34-3)6-8-18(17)24(26)29/h6-11,25H,4-5,12-14H2,1-3H3. The van der Waals surface area contributed by atoms with Crippen molar-refractivity contribution in [2.24, 2.45) is 0 Å². The summed E-state index contributed by atoms with van der Waals surface area (Å²) in [7, 11) is -3.77. The highest BCUT2D eigenvalue weighted by atomic mass is 32.2. The Labute approximate surface area is 208 Å². The third kappa shape index (κ3) is 5.91. The molecule has 1 heterocycles. The molecule has 0 radical (unpaired) electrons. The van der Waals surface area contributed by atoms with Crippen molar-refractivity contribution in [3.8, 4) is 5.75 Å². The first-order chi connectivity index (χ1) is 16.6. The summed E-state index contributed by atoms with van der Waals surface area (Å²) in [6.45, 7) is 2.78. The Morgan fingerprint density at radius 2 is 1.83 bits per heavy atom. The maximum absolute atomic E-state index is 13.0. The van der Waals surface area contributed by atoms with Crippen molar-refractivity contribution in [2.45, 2.75) is 25.3 Å². The number of hydrogen-bond donors (Lipinski definition) is 1. The Bertz CT molecular complexity index is 1290. The van der Waals surface area contributed by atoms with Gasteiger partial charge in [0.1, 0.15) is 10.6 Å². The Hall–Kier alpha value is -3.18. The molecule has 186 valence electrons. The van der Waals surface area contributed by atoms with Crippen LogP contribution in [0.15, 0.2) is 41.3 Å². The van der Waals surface area contributed by atoms with Crippen molar-refractivity contribution >= 4 is 44.3 Å². The second-order valence-electron chi connectivity index (χ2n) is 7.65.